The summed E-state index contributed by atoms with van der Waals surface area (Å²) in [6, 6.07) is -0.0376. The van der Waals surface area contributed by atoms with Crippen molar-refractivity contribution in [3.8, 4) is 0 Å². The van der Waals surface area contributed by atoms with Crippen molar-refractivity contribution in [2.75, 3.05) is 18.5 Å². The molecular formula is C18H33BrN2O2. The Morgan fingerprint density at radius 2 is 1.65 bits per heavy atom. The van der Waals surface area contributed by atoms with Crippen molar-refractivity contribution in [3.63, 3.8) is 0 Å². The van der Waals surface area contributed by atoms with Gasteiger partial charge in [-0.1, -0.05) is 43.6 Å². The predicted octanol–water partition coefficient (Wildman–Crippen LogP) is 4.85. The molecule has 0 spiro atoms. The van der Waals surface area contributed by atoms with Crippen LogP contribution in [0.15, 0.2) is 9.98 Å². The molecule has 0 unspecified atom stereocenters. The lowest BCUT2D eigenvalue weighted by atomic mass is 9.83. The van der Waals surface area contributed by atoms with E-state index in [4.69, 9.17) is 19.5 Å². The first-order chi connectivity index (χ1) is 10.8. The van der Waals surface area contributed by atoms with Crippen molar-refractivity contribution < 1.29 is 9.47 Å². The molecule has 134 valence electrons. The molecule has 5 heteroatoms. The summed E-state index contributed by atoms with van der Waals surface area (Å²) in [6.45, 7) is 14.2. The van der Waals surface area contributed by atoms with Crippen LogP contribution in [-0.4, -0.2) is 42.4 Å². The number of aliphatic imine (C=N–C) groups is 2. The van der Waals surface area contributed by atoms with E-state index in [0.717, 1.165) is 36.4 Å². The van der Waals surface area contributed by atoms with Crippen molar-refractivity contribution in [1.29, 1.82) is 0 Å². The topological polar surface area (TPSA) is 43.2 Å². The number of rotatable bonds is 8. The minimum atomic E-state index is -0.0247. The van der Waals surface area contributed by atoms with Crippen LogP contribution < -0.4 is 0 Å². The molecule has 0 aromatic carbocycles. The van der Waals surface area contributed by atoms with Gasteiger partial charge in [0.15, 0.2) is 0 Å². The average molecular weight is 389 g/mol. The zero-order valence-corrected chi connectivity index (χ0v) is 17.1. The summed E-state index contributed by atoms with van der Waals surface area (Å²) in [6.07, 6.45) is 3.18. The summed E-state index contributed by atoms with van der Waals surface area (Å²) in [7, 11) is 0. The molecule has 0 N–H and O–H groups in total. The van der Waals surface area contributed by atoms with E-state index in [1.807, 2.05) is 13.8 Å². The van der Waals surface area contributed by atoms with Crippen LogP contribution in [0.25, 0.3) is 0 Å². The van der Waals surface area contributed by atoms with Crippen LogP contribution in [0.2, 0.25) is 0 Å². The normalized spacial score (nSPS) is 21.9. The Kier molecular flexibility index (Phi) is 8.59. The van der Waals surface area contributed by atoms with Crippen LogP contribution in [0.4, 0.5) is 0 Å². The Bertz CT molecular complexity index is 419. The van der Waals surface area contributed by atoms with Gasteiger partial charge in [0.2, 0.25) is 11.8 Å². The van der Waals surface area contributed by atoms with Crippen LogP contribution >= 0.6 is 15.9 Å². The SMILES string of the molecule is CCOC1=N[C@H](CCC(C)(C)CCBr)C(OCC)=N[C@H]1C(C)C. The fourth-order valence-electron chi connectivity index (χ4n) is 2.65. The van der Waals surface area contributed by atoms with Gasteiger partial charge in [-0.05, 0) is 44.4 Å². The zero-order valence-electron chi connectivity index (χ0n) is 15.6. The molecule has 23 heavy (non-hydrogen) atoms. The van der Waals surface area contributed by atoms with E-state index in [2.05, 4.69) is 43.6 Å². The van der Waals surface area contributed by atoms with Crippen molar-refractivity contribution >= 4 is 27.7 Å². The summed E-state index contributed by atoms with van der Waals surface area (Å²) in [4.78, 5) is 9.69. The number of nitrogens with zero attached hydrogens (tertiary/aromatic N) is 2. The molecule has 4 nitrogen and oxygen atoms in total. The molecule has 1 aliphatic rings. The summed E-state index contributed by atoms with van der Waals surface area (Å²) in [5.41, 5.74) is 0.289. The Morgan fingerprint density at radius 3 is 2.17 bits per heavy atom. The maximum Gasteiger partial charge on any atom is 0.210 e. The third-order valence-corrected chi connectivity index (χ3v) is 4.57. The highest BCUT2D eigenvalue weighted by atomic mass is 79.9. The van der Waals surface area contributed by atoms with E-state index in [1.54, 1.807) is 0 Å². The van der Waals surface area contributed by atoms with Crippen LogP contribution in [0, 0.1) is 11.3 Å². The van der Waals surface area contributed by atoms with E-state index in [1.165, 1.54) is 0 Å². The number of ether oxygens (including phenoxy) is 2. The van der Waals surface area contributed by atoms with Crippen LogP contribution in [0.5, 0.6) is 0 Å². The predicted molar refractivity (Wildman–Crippen MR) is 102 cm³/mol. The van der Waals surface area contributed by atoms with Gasteiger partial charge in [-0.2, -0.15) is 0 Å². The quantitative estimate of drug-likeness (QED) is 0.557. The molecule has 0 radical (unpaired) electrons. The minimum absolute atomic E-state index is 0.0129. The summed E-state index contributed by atoms with van der Waals surface area (Å²) in [5, 5.41) is 1.03. The molecule has 0 bridgehead atoms. The maximum atomic E-state index is 5.81. The lowest BCUT2D eigenvalue weighted by Crippen LogP contribution is -2.38. The second kappa shape index (κ2) is 9.65. The molecule has 0 aromatic rings. The Morgan fingerprint density at radius 1 is 1.04 bits per heavy atom. The van der Waals surface area contributed by atoms with Crippen LogP contribution in [-0.2, 0) is 9.47 Å². The second-order valence-electron chi connectivity index (χ2n) is 7.15. The van der Waals surface area contributed by atoms with E-state index in [9.17, 15) is 0 Å². The van der Waals surface area contributed by atoms with E-state index in [0.29, 0.717) is 19.1 Å². The molecular weight excluding hydrogens is 356 g/mol. The van der Waals surface area contributed by atoms with Gasteiger partial charge in [0.1, 0.15) is 12.1 Å². The third-order valence-electron chi connectivity index (χ3n) is 4.17. The van der Waals surface area contributed by atoms with Gasteiger partial charge in [0.05, 0.1) is 13.2 Å². The lowest BCUT2D eigenvalue weighted by molar-refractivity contribution is 0.262. The lowest BCUT2D eigenvalue weighted by Gasteiger charge is -2.30. The van der Waals surface area contributed by atoms with Crippen LogP contribution in [0.1, 0.15) is 60.8 Å². The summed E-state index contributed by atoms with van der Waals surface area (Å²) >= 11 is 3.55. The highest BCUT2D eigenvalue weighted by molar-refractivity contribution is 9.09. The van der Waals surface area contributed by atoms with Gasteiger partial charge in [-0.15, -0.1) is 0 Å². The molecule has 0 saturated heterocycles. The number of hydrogen-bond donors (Lipinski definition) is 0. The van der Waals surface area contributed by atoms with Gasteiger partial charge >= 0.3 is 0 Å². The maximum absolute atomic E-state index is 5.81. The highest BCUT2D eigenvalue weighted by Crippen LogP contribution is 2.30. The van der Waals surface area contributed by atoms with Crippen molar-refractivity contribution in [2.24, 2.45) is 21.3 Å². The second-order valence-corrected chi connectivity index (χ2v) is 7.94. The molecule has 1 heterocycles. The van der Waals surface area contributed by atoms with Crippen molar-refractivity contribution in [1.82, 2.24) is 0 Å². The molecule has 0 aromatic heterocycles. The standard InChI is InChI=1S/C18H33BrN2O2/c1-7-22-16-14(9-10-18(5,6)11-12-19)20-17(23-8-2)15(21-16)13(3)4/h13-15H,7-12H2,1-6H3/t14-,15+/m1/s1. The van der Waals surface area contributed by atoms with Gasteiger partial charge < -0.3 is 9.47 Å². The van der Waals surface area contributed by atoms with E-state index >= 15 is 0 Å². The molecule has 0 amide bonds. The highest BCUT2D eigenvalue weighted by Gasteiger charge is 2.32. The van der Waals surface area contributed by atoms with E-state index < -0.39 is 0 Å². The van der Waals surface area contributed by atoms with Crippen molar-refractivity contribution in [2.45, 2.75) is 72.9 Å². The van der Waals surface area contributed by atoms with Crippen LogP contribution in [0.3, 0.4) is 0 Å². The Labute approximate surface area is 150 Å². The molecule has 1 aliphatic heterocycles. The molecule has 1 rings (SSSR count). The number of hydrogen-bond acceptors (Lipinski definition) is 4. The fourth-order valence-corrected chi connectivity index (χ4v) is 3.72. The van der Waals surface area contributed by atoms with E-state index in [-0.39, 0.29) is 17.5 Å². The first-order valence-corrected chi connectivity index (χ1v) is 9.93. The summed E-state index contributed by atoms with van der Waals surface area (Å²) in [5.74, 6) is 1.90. The number of alkyl halides is 1. The third kappa shape index (κ3) is 6.44. The van der Waals surface area contributed by atoms with Crippen molar-refractivity contribution in [3.05, 3.63) is 0 Å². The summed E-state index contributed by atoms with van der Waals surface area (Å²) < 4.78 is 11.6. The molecule has 0 aliphatic carbocycles. The smallest absolute Gasteiger partial charge is 0.210 e. The first kappa shape index (κ1) is 20.5. The van der Waals surface area contributed by atoms with Gasteiger partial charge in [0.25, 0.3) is 0 Å². The van der Waals surface area contributed by atoms with Gasteiger partial charge in [-0.3, -0.25) is 0 Å². The first-order valence-electron chi connectivity index (χ1n) is 8.81. The Balaban J connectivity index is 2.90. The average Bonchev–Trinajstić information content (AvgIpc) is 2.47. The fraction of sp³-hybridized carbons (Fsp3) is 0.889. The van der Waals surface area contributed by atoms with Gasteiger partial charge in [-0.25, -0.2) is 9.98 Å². The largest absolute Gasteiger partial charge is 0.480 e. The Hall–Kier alpha value is -0.580. The minimum Gasteiger partial charge on any atom is -0.480 e. The molecule has 0 fully saturated rings. The zero-order chi connectivity index (χ0) is 17.5. The molecule has 2 atom stereocenters. The molecule has 0 saturated carbocycles. The monoisotopic (exact) mass is 388 g/mol. The number of halogens is 1. The van der Waals surface area contributed by atoms with Gasteiger partial charge in [0, 0.05) is 5.33 Å².